The zero-order chi connectivity index (χ0) is 20.7. The third kappa shape index (κ3) is 2.49. The Morgan fingerprint density at radius 3 is 2.24 bits per heavy atom. The second-order valence-electron chi connectivity index (χ2n) is 6.79. The van der Waals surface area contributed by atoms with Crippen LogP contribution in [0, 0.1) is 6.92 Å². The number of hydrogen-bond donors (Lipinski definition) is 1. The molecule has 5 rings (SSSR count). The van der Waals surface area contributed by atoms with Crippen LogP contribution >= 0.6 is 63.7 Å². The average Bonchev–Trinajstić information content (AvgIpc) is 3.00. The van der Waals surface area contributed by atoms with Crippen LogP contribution in [0.5, 0.6) is 17.2 Å². The largest absolute Gasteiger partial charge is 0.505 e. The lowest BCUT2D eigenvalue weighted by molar-refractivity contribution is 0.0223. The molecule has 0 fully saturated rings. The van der Waals surface area contributed by atoms with Gasteiger partial charge in [-0.1, -0.05) is 34.1 Å². The van der Waals surface area contributed by atoms with E-state index in [2.05, 4.69) is 63.7 Å². The first-order chi connectivity index (χ1) is 13.8. The maximum Gasteiger partial charge on any atom is 0.340 e. The van der Waals surface area contributed by atoms with Crippen LogP contribution in [0.4, 0.5) is 0 Å². The first-order valence-corrected chi connectivity index (χ1v) is 11.7. The molecule has 0 amide bonds. The van der Waals surface area contributed by atoms with Crippen molar-refractivity contribution in [1.82, 2.24) is 0 Å². The van der Waals surface area contributed by atoms with E-state index in [1.807, 2.05) is 31.2 Å². The molecule has 3 aromatic carbocycles. The molecule has 1 spiro atoms. The highest BCUT2D eigenvalue weighted by Crippen LogP contribution is 2.61. The number of rotatable bonds is 0. The summed E-state index contributed by atoms with van der Waals surface area (Å²) in [5, 5.41) is 10.5. The smallest absolute Gasteiger partial charge is 0.340 e. The van der Waals surface area contributed by atoms with E-state index in [1.165, 1.54) is 0 Å². The van der Waals surface area contributed by atoms with Gasteiger partial charge in [0.25, 0.3) is 0 Å². The summed E-state index contributed by atoms with van der Waals surface area (Å²) in [5.41, 5.74) is 2.26. The molecule has 3 aromatic rings. The first kappa shape index (κ1) is 19.6. The van der Waals surface area contributed by atoms with Gasteiger partial charge in [0.2, 0.25) is 0 Å². The van der Waals surface area contributed by atoms with E-state index in [-0.39, 0.29) is 5.75 Å². The number of carbonyl (C=O) groups is 1. The average molecular weight is 646 g/mol. The first-order valence-electron chi connectivity index (χ1n) is 8.48. The molecule has 0 saturated heterocycles. The van der Waals surface area contributed by atoms with Gasteiger partial charge in [-0.25, -0.2) is 4.79 Å². The number of fused-ring (bicyclic) bond motifs is 6. The molecule has 1 unspecified atom stereocenters. The SMILES string of the molecule is Cc1c(Br)cc2c(c1Br)Oc1c(cc(Br)c(O)c1Br)C21OC(=O)c2ccccc21. The van der Waals surface area contributed by atoms with E-state index in [4.69, 9.17) is 9.47 Å². The van der Waals surface area contributed by atoms with Gasteiger partial charge in [-0.3, -0.25) is 0 Å². The summed E-state index contributed by atoms with van der Waals surface area (Å²) in [4.78, 5) is 12.9. The highest BCUT2D eigenvalue weighted by Gasteiger charge is 2.55. The van der Waals surface area contributed by atoms with Gasteiger partial charge < -0.3 is 14.6 Å². The number of benzene rings is 3. The summed E-state index contributed by atoms with van der Waals surface area (Å²) in [7, 11) is 0. The van der Waals surface area contributed by atoms with Gasteiger partial charge in [-0.15, -0.1) is 0 Å². The fourth-order valence-corrected chi connectivity index (χ4v) is 6.27. The zero-order valence-corrected chi connectivity index (χ0v) is 21.0. The summed E-state index contributed by atoms with van der Waals surface area (Å²) in [5.74, 6) is 0.521. The van der Waals surface area contributed by atoms with Gasteiger partial charge in [0.15, 0.2) is 11.4 Å². The fraction of sp³-hybridized carbons (Fsp3) is 0.0952. The molecule has 29 heavy (non-hydrogen) atoms. The molecule has 0 saturated carbocycles. The second kappa shape index (κ2) is 6.57. The molecule has 1 atom stereocenters. The van der Waals surface area contributed by atoms with Crippen LogP contribution in [0.3, 0.4) is 0 Å². The zero-order valence-electron chi connectivity index (χ0n) is 14.6. The predicted molar refractivity (Wildman–Crippen MR) is 122 cm³/mol. The molecule has 1 N–H and O–H groups in total. The van der Waals surface area contributed by atoms with Crippen molar-refractivity contribution < 1.29 is 19.4 Å². The Morgan fingerprint density at radius 2 is 1.52 bits per heavy atom. The number of aromatic hydroxyl groups is 1. The van der Waals surface area contributed by atoms with E-state index in [9.17, 15) is 9.90 Å². The highest BCUT2D eigenvalue weighted by molar-refractivity contribution is 9.11. The molecule has 2 aliphatic heterocycles. The van der Waals surface area contributed by atoms with E-state index in [0.717, 1.165) is 20.1 Å². The van der Waals surface area contributed by atoms with E-state index in [0.29, 0.717) is 37.1 Å². The Labute approximate surface area is 199 Å². The molecule has 0 bridgehead atoms. The van der Waals surface area contributed by atoms with Crippen LogP contribution in [0.1, 0.15) is 32.6 Å². The van der Waals surface area contributed by atoms with Crippen molar-refractivity contribution in [2.24, 2.45) is 0 Å². The molecular weight excluding hydrogens is 636 g/mol. The quantitative estimate of drug-likeness (QED) is 0.261. The number of phenolic OH excluding ortho intramolecular Hbond substituents is 1. The molecule has 146 valence electrons. The van der Waals surface area contributed by atoms with Crippen molar-refractivity contribution in [3.05, 3.63) is 82.1 Å². The van der Waals surface area contributed by atoms with Crippen LogP contribution < -0.4 is 4.74 Å². The van der Waals surface area contributed by atoms with Crippen molar-refractivity contribution in [3.8, 4) is 17.2 Å². The van der Waals surface area contributed by atoms with Gasteiger partial charge in [-0.2, -0.15) is 0 Å². The fourth-order valence-electron chi connectivity index (χ4n) is 3.87. The minimum atomic E-state index is -1.21. The van der Waals surface area contributed by atoms with E-state index >= 15 is 0 Å². The number of ether oxygens (including phenoxy) is 2. The third-order valence-electron chi connectivity index (χ3n) is 5.29. The third-order valence-corrected chi connectivity index (χ3v) is 8.41. The number of phenols is 1. The molecule has 0 aromatic heterocycles. The van der Waals surface area contributed by atoms with Crippen molar-refractivity contribution in [3.63, 3.8) is 0 Å². The number of hydrogen-bond acceptors (Lipinski definition) is 4. The molecule has 2 heterocycles. The van der Waals surface area contributed by atoms with Gasteiger partial charge in [-0.05, 0) is 78.5 Å². The summed E-state index contributed by atoms with van der Waals surface area (Å²) in [6.45, 7) is 1.95. The highest BCUT2D eigenvalue weighted by atomic mass is 79.9. The lowest BCUT2D eigenvalue weighted by Gasteiger charge is -2.38. The molecule has 0 aliphatic carbocycles. The van der Waals surface area contributed by atoms with Gasteiger partial charge in [0.05, 0.1) is 20.1 Å². The Balaban J connectivity index is 1.99. The van der Waals surface area contributed by atoms with Crippen LogP contribution in [0.15, 0.2) is 54.3 Å². The van der Waals surface area contributed by atoms with Crippen LogP contribution in [-0.4, -0.2) is 11.1 Å². The van der Waals surface area contributed by atoms with E-state index in [1.54, 1.807) is 12.1 Å². The van der Waals surface area contributed by atoms with Crippen molar-refractivity contribution >= 4 is 69.7 Å². The monoisotopic (exact) mass is 642 g/mol. The molecule has 8 heteroatoms. The van der Waals surface area contributed by atoms with E-state index < -0.39 is 11.6 Å². The maximum atomic E-state index is 12.9. The summed E-state index contributed by atoms with van der Waals surface area (Å²) < 4.78 is 14.8. The van der Waals surface area contributed by atoms with Crippen LogP contribution in [-0.2, 0) is 10.3 Å². The number of esters is 1. The van der Waals surface area contributed by atoms with Crippen molar-refractivity contribution in [2.75, 3.05) is 0 Å². The van der Waals surface area contributed by atoms with Gasteiger partial charge in [0, 0.05) is 15.6 Å². The summed E-state index contributed by atoms with van der Waals surface area (Å²) >= 11 is 14.1. The van der Waals surface area contributed by atoms with Crippen LogP contribution in [0.2, 0.25) is 0 Å². The minimum Gasteiger partial charge on any atom is -0.505 e. The van der Waals surface area contributed by atoms with Crippen molar-refractivity contribution in [2.45, 2.75) is 12.5 Å². The van der Waals surface area contributed by atoms with Crippen LogP contribution in [0.25, 0.3) is 0 Å². The normalized spacial score (nSPS) is 18.7. The second-order valence-corrected chi connectivity index (χ2v) is 10.1. The lowest BCUT2D eigenvalue weighted by atomic mass is 9.77. The molecule has 0 radical (unpaired) electrons. The topological polar surface area (TPSA) is 55.8 Å². The Hall–Kier alpha value is -1.35. The Morgan fingerprint density at radius 1 is 0.897 bits per heavy atom. The molecule has 2 aliphatic rings. The number of halogens is 4. The predicted octanol–water partition coefficient (Wildman–Crippen LogP) is 7.32. The number of carbonyl (C=O) groups excluding carboxylic acids is 1. The molecule has 4 nitrogen and oxygen atoms in total. The Bertz CT molecular complexity index is 1190. The minimum absolute atomic E-state index is 0.00455. The maximum absolute atomic E-state index is 12.9. The molecular formula is C21H10Br4O4. The van der Waals surface area contributed by atoms with Gasteiger partial charge >= 0.3 is 5.97 Å². The standard InChI is InChI=1S/C21H10Br4O4/c1-8-13(22)6-11-18(15(8)24)28-19-12(7-14(23)17(26)16(19)25)21(11)10-5-3-2-4-9(10)20(27)29-21/h2-7,26H,1H3. The summed E-state index contributed by atoms with van der Waals surface area (Å²) in [6.07, 6.45) is 0. The summed E-state index contributed by atoms with van der Waals surface area (Å²) in [6, 6.07) is 11.0. The van der Waals surface area contributed by atoms with Crippen molar-refractivity contribution in [1.29, 1.82) is 0 Å². The van der Waals surface area contributed by atoms with Gasteiger partial charge in [0.1, 0.15) is 16.0 Å². The lowest BCUT2D eigenvalue weighted by Crippen LogP contribution is -2.33. The Kier molecular flexibility index (Phi) is 4.44.